The van der Waals surface area contributed by atoms with Gasteiger partial charge in [-0.05, 0) is 104 Å². The average Bonchev–Trinajstić information content (AvgIpc) is 3.20. The van der Waals surface area contributed by atoms with Gasteiger partial charge in [-0.2, -0.15) is 101 Å². The molecule has 0 spiro atoms. The lowest BCUT2D eigenvalue weighted by Crippen LogP contribution is -2.78. The molecular formula is C36H27F23O5S. The summed E-state index contributed by atoms with van der Waals surface area (Å²) in [6.07, 6.45) is -8.18. The van der Waals surface area contributed by atoms with Gasteiger partial charge < -0.3 is 18.4 Å². The number of carbonyl (C=O) groups is 1. The van der Waals surface area contributed by atoms with Crippen molar-refractivity contribution < 1.29 is 124 Å². The fourth-order valence-electron chi connectivity index (χ4n) is 5.28. The third-order valence-electron chi connectivity index (χ3n) is 8.76. The summed E-state index contributed by atoms with van der Waals surface area (Å²) >= 11 is 0. The summed E-state index contributed by atoms with van der Waals surface area (Å²) in [5.41, 5.74) is 0. The maximum atomic E-state index is 15.6. The molecule has 0 atom stereocenters. The molecule has 368 valence electrons. The third kappa shape index (κ3) is 8.28. The van der Waals surface area contributed by atoms with Gasteiger partial charge in [0.15, 0.2) is 0 Å². The van der Waals surface area contributed by atoms with Crippen LogP contribution in [-0.2, 0) is 8.98 Å². The molecule has 29 heteroatoms. The van der Waals surface area contributed by atoms with Crippen molar-refractivity contribution in [1.82, 2.24) is 0 Å². The molecule has 0 heterocycles. The van der Waals surface area contributed by atoms with Crippen LogP contribution in [-0.4, -0.2) is 91.2 Å². The highest BCUT2D eigenvalue weighted by molar-refractivity contribution is 8.30. The fraction of sp³-hybridized carbons (Fsp3) is 0.472. The molecular weight excluding hydrogens is 981 g/mol. The van der Waals surface area contributed by atoms with Crippen LogP contribution in [0, 0.1) is 0 Å². The van der Waals surface area contributed by atoms with Gasteiger partial charge in [-0.1, -0.05) is 0 Å². The van der Waals surface area contributed by atoms with E-state index in [1.807, 2.05) is 0 Å². The number of alkyl halides is 23. The van der Waals surface area contributed by atoms with E-state index in [0.29, 0.717) is 0 Å². The van der Waals surface area contributed by atoms with Crippen molar-refractivity contribution in [3.8, 4) is 17.2 Å². The SMILES string of the molecule is CCOc1ccc(S(OC(=O)C(F)(F)C(F)(F)C(F)(F)C(F)(F)C(F)(F)C(F)(F)C(F)(F)C(F)(F)C(F)(F)C(F)(F)C(F)(F)F)(c2ccc(OCC)cc2)c2ccc(OCC)cc2)cc1. The molecule has 0 unspecified atom stereocenters. The molecule has 0 fully saturated rings. The minimum absolute atomic E-state index is 0.0458. The first-order valence-corrected chi connectivity index (χ1v) is 18.9. The highest BCUT2D eigenvalue weighted by Crippen LogP contribution is 2.72. The molecule has 0 radical (unpaired) electrons. The number of hydrogen-bond acceptors (Lipinski definition) is 5. The van der Waals surface area contributed by atoms with Crippen LogP contribution in [0.15, 0.2) is 87.5 Å². The summed E-state index contributed by atoms with van der Waals surface area (Å²) in [5.74, 6) is -95.2. The number of benzene rings is 3. The van der Waals surface area contributed by atoms with Crippen molar-refractivity contribution in [3.63, 3.8) is 0 Å². The van der Waals surface area contributed by atoms with Gasteiger partial charge in [-0.25, -0.2) is 4.79 Å². The minimum atomic E-state index is -9.60. The molecule has 0 saturated heterocycles. The van der Waals surface area contributed by atoms with E-state index in [9.17, 15) is 88.2 Å². The zero-order valence-corrected chi connectivity index (χ0v) is 33.0. The molecule has 0 saturated carbocycles. The van der Waals surface area contributed by atoms with Gasteiger partial charge in [0.25, 0.3) is 0 Å². The van der Waals surface area contributed by atoms with E-state index < -0.39 is 96.4 Å². The van der Waals surface area contributed by atoms with Crippen molar-refractivity contribution in [3.05, 3.63) is 72.8 Å². The maximum Gasteiger partial charge on any atom is 0.460 e. The first kappa shape index (κ1) is 54.6. The molecule has 3 aromatic rings. The Balaban J connectivity index is 2.32. The van der Waals surface area contributed by atoms with E-state index >= 15 is 17.6 Å². The van der Waals surface area contributed by atoms with Crippen molar-refractivity contribution in [1.29, 1.82) is 0 Å². The summed E-state index contributed by atoms with van der Waals surface area (Å²) in [5, 5.41) is 0. The van der Waals surface area contributed by atoms with E-state index in [0.717, 1.165) is 72.8 Å². The van der Waals surface area contributed by atoms with Crippen LogP contribution in [0.4, 0.5) is 101 Å². The Hall–Kier alpha value is -4.73. The minimum Gasteiger partial charge on any atom is -0.494 e. The zero-order valence-electron chi connectivity index (χ0n) is 32.2. The third-order valence-corrected chi connectivity index (χ3v) is 12.0. The predicted octanol–water partition coefficient (Wildman–Crippen LogP) is 13.5. The zero-order chi connectivity index (χ0) is 50.5. The highest BCUT2D eigenvalue weighted by Gasteiger charge is 2.99. The van der Waals surface area contributed by atoms with Crippen molar-refractivity contribution in [2.75, 3.05) is 19.8 Å². The Morgan fingerprint density at radius 2 is 0.585 bits per heavy atom. The highest BCUT2D eigenvalue weighted by atomic mass is 32.3. The Labute approximate surface area is 351 Å². The number of hydrogen-bond donors (Lipinski definition) is 0. The molecule has 0 aromatic heterocycles. The van der Waals surface area contributed by atoms with E-state index in [2.05, 4.69) is 0 Å². The Kier molecular flexibility index (Phi) is 14.7. The van der Waals surface area contributed by atoms with E-state index in [-0.39, 0.29) is 37.1 Å². The van der Waals surface area contributed by atoms with Gasteiger partial charge in [0.05, 0.1) is 19.8 Å². The molecule has 0 aliphatic carbocycles. The number of ether oxygens (including phenoxy) is 3. The van der Waals surface area contributed by atoms with Crippen molar-refractivity contribution in [2.45, 2.75) is 101 Å². The Morgan fingerprint density at radius 3 is 0.800 bits per heavy atom. The van der Waals surface area contributed by atoms with Gasteiger partial charge in [-0.15, -0.1) is 0 Å². The monoisotopic (exact) mass is 1010 g/mol. The second kappa shape index (κ2) is 17.5. The van der Waals surface area contributed by atoms with Gasteiger partial charge in [0.1, 0.15) is 17.2 Å². The molecule has 3 rings (SSSR count). The molecule has 0 aliphatic heterocycles. The van der Waals surface area contributed by atoms with Gasteiger partial charge in [-0.3, -0.25) is 0 Å². The molecule has 65 heavy (non-hydrogen) atoms. The fourth-order valence-corrected chi connectivity index (χ4v) is 8.28. The van der Waals surface area contributed by atoms with Crippen LogP contribution in [0.5, 0.6) is 17.2 Å². The second-order valence-corrected chi connectivity index (χ2v) is 15.6. The lowest BCUT2D eigenvalue weighted by Gasteiger charge is -2.45. The average molecular weight is 1010 g/mol. The summed E-state index contributed by atoms with van der Waals surface area (Å²) in [7, 11) is -4.60. The van der Waals surface area contributed by atoms with E-state index in [1.165, 1.54) is 20.8 Å². The molecule has 0 aliphatic rings. The van der Waals surface area contributed by atoms with Crippen molar-refractivity contribution in [2.24, 2.45) is 0 Å². The first-order chi connectivity index (χ1) is 29.2. The predicted molar refractivity (Wildman–Crippen MR) is 177 cm³/mol. The lowest BCUT2D eigenvalue weighted by molar-refractivity contribution is -0.477. The van der Waals surface area contributed by atoms with Gasteiger partial charge >= 0.3 is 71.4 Å². The summed E-state index contributed by atoms with van der Waals surface area (Å²) in [6.45, 7) is 4.25. The summed E-state index contributed by atoms with van der Waals surface area (Å²) in [4.78, 5) is 11.5. The van der Waals surface area contributed by atoms with Crippen LogP contribution in [0.1, 0.15) is 20.8 Å². The van der Waals surface area contributed by atoms with E-state index in [4.69, 9.17) is 18.4 Å². The molecule has 0 bridgehead atoms. The molecule has 0 amide bonds. The normalized spacial score (nSPS) is 14.8. The first-order valence-electron chi connectivity index (χ1n) is 17.3. The topological polar surface area (TPSA) is 54.0 Å². The molecule has 0 N–H and O–H groups in total. The van der Waals surface area contributed by atoms with Gasteiger partial charge in [0, 0.05) is 14.7 Å². The lowest BCUT2D eigenvalue weighted by atomic mass is 9.85. The largest absolute Gasteiger partial charge is 0.494 e. The van der Waals surface area contributed by atoms with Crippen molar-refractivity contribution >= 4 is 16.3 Å². The maximum absolute atomic E-state index is 15.6. The molecule has 3 aromatic carbocycles. The Morgan fingerprint density at radius 1 is 0.369 bits per heavy atom. The quantitative estimate of drug-likeness (QED) is 0.106. The summed E-state index contributed by atoms with van der Waals surface area (Å²) in [6, 6.07) is 11.4. The second-order valence-electron chi connectivity index (χ2n) is 12.9. The van der Waals surface area contributed by atoms with Crippen LogP contribution < -0.4 is 14.2 Å². The van der Waals surface area contributed by atoms with E-state index in [1.54, 1.807) is 0 Å². The number of carbonyl (C=O) groups excluding carboxylic acids is 1. The molecule has 5 nitrogen and oxygen atoms in total. The smallest absolute Gasteiger partial charge is 0.460 e. The standard InChI is InChI=1S/C36H27F23O5S/c1-4-61-19-7-13-22(14-8-19)65(23-15-9-20(10-16-23)62-5-2,24-17-11-21(12-18-24)63-6-3)64-25(60)26(37,38)27(39,40)28(41,42)29(43,44)30(45,46)31(47,48)32(49,50)33(51,52)34(53,54)35(55,56)36(57,58)59/h7-18H,4-6H2,1-3H3. The number of halogens is 23. The van der Waals surface area contributed by atoms with Crippen LogP contribution in [0.3, 0.4) is 0 Å². The van der Waals surface area contributed by atoms with Gasteiger partial charge in [0.2, 0.25) is 0 Å². The van der Waals surface area contributed by atoms with Crippen LogP contribution in [0.2, 0.25) is 0 Å². The summed E-state index contributed by atoms with van der Waals surface area (Å²) < 4.78 is 347. The Bertz CT molecular complexity index is 1990. The van der Waals surface area contributed by atoms with Crippen LogP contribution >= 0.6 is 10.3 Å². The van der Waals surface area contributed by atoms with Crippen LogP contribution in [0.25, 0.3) is 0 Å². The number of rotatable bonds is 20.